The zero-order valence-electron chi connectivity index (χ0n) is 10.1. The maximum absolute atomic E-state index is 11.8. The van der Waals surface area contributed by atoms with Crippen LogP contribution < -0.4 is 5.73 Å². The van der Waals surface area contributed by atoms with Gasteiger partial charge in [0.1, 0.15) is 5.82 Å². The number of nitrogens with zero attached hydrogens (tertiary/aromatic N) is 3. The van der Waals surface area contributed by atoms with Gasteiger partial charge in [-0.2, -0.15) is 0 Å². The lowest BCUT2D eigenvalue weighted by molar-refractivity contribution is -0.322. The van der Waals surface area contributed by atoms with Gasteiger partial charge in [-0.3, -0.25) is 4.74 Å². The molecule has 0 saturated carbocycles. The molecule has 0 fully saturated rings. The molecular weight excluding hydrogens is 269 g/mol. The molecular formula is C9H15F3N4OS. The van der Waals surface area contributed by atoms with E-state index in [2.05, 4.69) is 14.9 Å². The number of nitrogens with two attached hydrogens (primary N) is 1. The van der Waals surface area contributed by atoms with Gasteiger partial charge in [0.25, 0.3) is 0 Å². The molecule has 0 saturated heterocycles. The minimum Gasteiger partial charge on any atom is -0.324 e. The van der Waals surface area contributed by atoms with Crippen LogP contribution in [-0.2, 0) is 11.3 Å². The van der Waals surface area contributed by atoms with Crippen molar-refractivity contribution in [1.29, 1.82) is 0 Å². The quantitative estimate of drug-likeness (QED) is 0.639. The Labute approximate surface area is 107 Å². The normalized spacial score (nSPS) is 12.4. The molecule has 1 heterocycles. The van der Waals surface area contributed by atoms with E-state index in [1.54, 1.807) is 4.57 Å². The van der Waals surface area contributed by atoms with Crippen molar-refractivity contribution in [3.8, 4) is 0 Å². The number of rotatable bonds is 6. The van der Waals surface area contributed by atoms with Gasteiger partial charge in [0.2, 0.25) is 0 Å². The van der Waals surface area contributed by atoms with Gasteiger partial charge in [-0.05, 0) is 13.8 Å². The van der Waals surface area contributed by atoms with Crippen LogP contribution in [0.1, 0.15) is 25.7 Å². The molecule has 0 aromatic carbocycles. The molecule has 0 amide bonds. The third-order valence-electron chi connectivity index (χ3n) is 2.01. The fraction of sp³-hybridized carbons (Fsp3) is 0.778. The molecule has 0 aliphatic rings. The molecule has 0 aliphatic heterocycles. The Morgan fingerprint density at radius 2 is 2.06 bits per heavy atom. The summed E-state index contributed by atoms with van der Waals surface area (Å²) in [4.78, 5) is 0. The first-order valence-corrected chi connectivity index (χ1v) is 6.31. The van der Waals surface area contributed by atoms with Crippen molar-refractivity contribution in [3.05, 3.63) is 5.82 Å². The molecule has 9 heteroatoms. The van der Waals surface area contributed by atoms with Gasteiger partial charge in [0.15, 0.2) is 5.16 Å². The Bertz CT molecular complexity index is 380. The van der Waals surface area contributed by atoms with Gasteiger partial charge < -0.3 is 10.3 Å². The van der Waals surface area contributed by atoms with Crippen LogP contribution in [-0.4, -0.2) is 33.5 Å². The minimum atomic E-state index is -4.59. The molecule has 5 nitrogen and oxygen atoms in total. The Kier molecular flexibility index (Phi) is 5.42. The molecule has 18 heavy (non-hydrogen) atoms. The average molecular weight is 284 g/mol. The van der Waals surface area contributed by atoms with Gasteiger partial charge in [0.05, 0.1) is 13.2 Å². The first-order valence-electron chi connectivity index (χ1n) is 5.32. The fourth-order valence-electron chi connectivity index (χ4n) is 1.35. The Morgan fingerprint density at radius 3 is 2.56 bits per heavy atom. The Hall–Kier alpha value is -0.800. The monoisotopic (exact) mass is 284 g/mol. The molecule has 104 valence electrons. The Morgan fingerprint density at radius 1 is 1.39 bits per heavy atom. The molecule has 0 bridgehead atoms. The molecule has 0 spiro atoms. The van der Waals surface area contributed by atoms with Gasteiger partial charge in [-0.1, -0.05) is 11.8 Å². The van der Waals surface area contributed by atoms with E-state index >= 15 is 0 Å². The first kappa shape index (κ1) is 15.3. The van der Waals surface area contributed by atoms with Crippen LogP contribution in [0.15, 0.2) is 5.16 Å². The van der Waals surface area contributed by atoms with Crippen molar-refractivity contribution in [3.63, 3.8) is 0 Å². The van der Waals surface area contributed by atoms with Crippen LogP contribution in [0.3, 0.4) is 0 Å². The smallest absolute Gasteiger partial charge is 0.324 e. The second kappa shape index (κ2) is 6.39. The van der Waals surface area contributed by atoms with Crippen molar-refractivity contribution >= 4 is 11.8 Å². The van der Waals surface area contributed by atoms with E-state index in [1.165, 1.54) is 0 Å². The highest BCUT2D eigenvalue weighted by molar-refractivity contribution is 7.99. The molecule has 0 radical (unpaired) electrons. The zero-order chi connectivity index (χ0) is 13.8. The number of hydrogen-bond acceptors (Lipinski definition) is 5. The van der Waals surface area contributed by atoms with Gasteiger partial charge >= 0.3 is 6.36 Å². The highest BCUT2D eigenvalue weighted by atomic mass is 32.2. The summed E-state index contributed by atoms with van der Waals surface area (Å²) in [6.07, 6.45) is -4.59. The maximum atomic E-state index is 11.8. The first-order chi connectivity index (χ1) is 8.35. The standard InChI is InChI=1S/C9H15F3N4OS/c1-6(2)16-7(5-13)14-15-8(16)18-4-3-17-9(10,11)12/h6H,3-5,13H2,1-2H3. The molecule has 0 aliphatic carbocycles. The largest absolute Gasteiger partial charge is 0.522 e. The number of thioether (sulfide) groups is 1. The summed E-state index contributed by atoms with van der Waals surface area (Å²) >= 11 is 1.16. The van der Waals surface area contributed by atoms with E-state index in [4.69, 9.17) is 5.73 Å². The highest BCUT2D eigenvalue weighted by Crippen LogP contribution is 2.22. The second-order valence-corrected chi connectivity index (χ2v) is 4.77. The lowest BCUT2D eigenvalue weighted by Crippen LogP contribution is -2.15. The van der Waals surface area contributed by atoms with Crippen LogP contribution in [0.25, 0.3) is 0 Å². The van der Waals surface area contributed by atoms with E-state index in [-0.39, 0.29) is 18.3 Å². The van der Waals surface area contributed by atoms with Crippen LogP contribution in [0, 0.1) is 0 Å². The van der Waals surface area contributed by atoms with Crippen LogP contribution >= 0.6 is 11.8 Å². The van der Waals surface area contributed by atoms with Gasteiger partial charge in [-0.15, -0.1) is 23.4 Å². The average Bonchev–Trinajstić information content (AvgIpc) is 2.66. The van der Waals surface area contributed by atoms with Crippen molar-refractivity contribution in [2.75, 3.05) is 12.4 Å². The number of ether oxygens (including phenoxy) is 1. The van der Waals surface area contributed by atoms with Gasteiger partial charge in [0, 0.05) is 11.8 Å². The number of alkyl halides is 3. The topological polar surface area (TPSA) is 66.0 Å². The summed E-state index contributed by atoms with van der Waals surface area (Å²) in [5, 5.41) is 8.34. The zero-order valence-corrected chi connectivity index (χ0v) is 10.9. The summed E-state index contributed by atoms with van der Waals surface area (Å²) in [6.45, 7) is 3.68. The molecule has 1 aromatic rings. The van der Waals surface area contributed by atoms with E-state index in [1.807, 2.05) is 13.8 Å². The SMILES string of the molecule is CC(C)n1c(CN)nnc1SCCOC(F)(F)F. The molecule has 1 aromatic heterocycles. The van der Waals surface area contributed by atoms with Gasteiger partial charge in [-0.25, -0.2) is 0 Å². The fourth-order valence-corrected chi connectivity index (χ4v) is 2.26. The minimum absolute atomic E-state index is 0.101. The van der Waals surface area contributed by atoms with Crippen molar-refractivity contribution < 1.29 is 17.9 Å². The summed E-state index contributed by atoms with van der Waals surface area (Å²) < 4.78 is 40.8. The second-order valence-electron chi connectivity index (χ2n) is 3.71. The third kappa shape index (κ3) is 4.46. The van der Waals surface area contributed by atoms with Crippen LogP contribution in [0.4, 0.5) is 13.2 Å². The van der Waals surface area contributed by atoms with Crippen LogP contribution in [0.5, 0.6) is 0 Å². The van der Waals surface area contributed by atoms with E-state index < -0.39 is 13.0 Å². The van der Waals surface area contributed by atoms with Crippen molar-refractivity contribution in [1.82, 2.24) is 14.8 Å². The molecule has 2 N–H and O–H groups in total. The van der Waals surface area contributed by atoms with Crippen molar-refractivity contribution in [2.24, 2.45) is 5.73 Å². The summed E-state index contributed by atoms with van der Waals surface area (Å²) in [5.41, 5.74) is 5.51. The summed E-state index contributed by atoms with van der Waals surface area (Å²) in [7, 11) is 0. The molecule has 0 unspecified atom stereocenters. The number of aromatic nitrogens is 3. The van der Waals surface area contributed by atoms with E-state index in [0.29, 0.717) is 11.0 Å². The molecule has 0 atom stereocenters. The van der Waals surface area contributed by atoms with Crippen molar-refractivity contribution in [2.45, 2.75) is 38.0 Å². The number of halogens is 3. The van der Waals surface area contributed by atoms with E-state index in [0.717, 1.165) is 11.8 Å². The Balaban J connectivity index is 2.55. The van der Waals surface area contributed by atoms with Crippen LogP contribution in [0.2, 0.25) is 0 Å². The molecule has 1 rings (SSSR count). The lowest BCUT2D eigenvalue weighted by atomic mass is 10.4. The number of hydrogen-bond donors (Lipinski definition) is 1. The summed E-state index contributed by atoms with van der Waals surface area (Å²) in [6, 6.07) is 0.101. The summed E-state index contributed by atoms with van der Waals surface area (Å²) in [5.74, 6) is 0.763. The van der Waals surface area contributed by atoms with E-state index in [9.17, 15) is 13.2 Å². The highest BCUT2D eigenvalue weighted by Gasteiger charge is 2.28. The lowest BCUT2D eigenvalue weighted by Gasteiger charge is -2.12. The predicted molar refractivity (Wildman–Crippen MR) is 61.0 cm³/mol. The maximum Gasteiger partial charge on any atom is 0.522 e. The predicted octanol–water partition coefficient (Wildman–Crippen LogP) is 1.95. The third-order valence-corrected chi connectivity index (χ3v) is 2.92.